The predicted molar refractivity (Wildman–Crippen MR) is 109 cm³/mol. The zero-order valence-electron chi connectivity index (χ0n) is 16.2. The minimum atomic E-state index is -4.49. The lowest BCUT2D eigenvalue weighted by molar-refractivity contribution is -0.119. The Hall–Kier alpha value is -2.83. The summed E-state index contributed by atoms with van der Waals surface area (Å²) >= 11 is 0. The molecule has 29 heavy (non-hydrogen) atoms. The number of terminal acetylenes is 1. The fourth-order valence-electron chi connectivity index (χ4n) is 2.20. The van der Waals surface area contributed by atoms with E-state index in [0.29, 0.717) is 11.3 Å². The normalized spacial score (nSPS) is 11.9. The Morgan fingerprint density at radius 3 is 2.03 bits per heavy atom. The molecule has 0 radical (unpaired) electrons. The highest BCUT2D eigenvalue weighted by Gasteiger charge is 2.31. The quantitative estimate of drug-likeness (QED) is 0.446. The standard InChI is InChI=1S/C17H18F3N3O2S.C3H4/c1-12-3-5-14(6-4-12)13(2)22-23(11-17(18,19)20)15-7-9-16(10-8-15)26(21,24)25;1-3-2/h3-10H,11H2,1-2H3,(H2,21,24,25);1H,2H3/b22-13+;. The molecule has 0 amide bonds. The molecule has 2 aromatic rings. The maximum Gasteiger partial charge on any atom is 0.408 e. The molecule has 2 N–H and O–H groups in total. The highest BCUT2D eigenvalue weighted by molar-refractivity contribution is 7.89. The van der Waals surface area contributed by atoms with E-state index in [1.54, 1.807) is 26.0 Å². The van der Waals surface area contributed by atoms with Crippen LogP contribution in [0.25, 0.3) is 0 Å². The third-order valence-corrected chi connectivity index (χ3v) is 4.46. The number of nitrogens with two attached hydrogens (primary N) is 1. The van der Waals surface area contributed by atoms with E-state index in [0.717, 1.165) is 22.7 Å². The first-order valence-electron chi connectivity index (χ1n) is 8.34. The molecule has 0 fully saturated rings. The summed E-state index contributed by atoms with van der Waals surface area (Å²) in [6, 6.07) is 12.0. The predicted octanol–water partition coefficient (Wildman–Crippen LogP) is 4.07. The van der Waals surface area contributed by atoms with Crippen molar-refractivity contribution in [3.05, 3.63) is 59.7 Å². The SMILES string of the molecule is C#CC.C/C(=N\N(CC(F)(F)F)c1ccc(S(N)(=O)=O)cc1)c1ccc(C)cc1. The van der Waals surface area contributed by atoms with Crippen LogP contribution in [-0.2, 0) is 10.0 Å². The number of rotatable bonds is 5. The lowest BCUT2D eigenvalue weighted by Gasteiger charge is -2.22. The van der Waals surface area contributed by atoms with Gasteiger partial charge >= 0.3 is 6.18 Å². The smallest absolute Gasteiger partial charge is 0.256 e. The molecule has 9 heteroatoms. The van der Waals surface area contributed by atoms with Gasteiger partial charge in [0, 0.05) is 0 Å². The topological polar surface area (TPSA) is 75.8 Å². The number of halogens is 3. The van der Waals surface area contributed by atoms with E-state index in [9.17, 15) is 21.6 Å². The van der Waals surface area contributed by atoms with Crippen LogP contribution in [0.2, 0.25) is 0 Å². The van der Waals surface area contributed by atoms with E-state index in [-0.39, 0.29) is 10.6 Å². The van der Waals surface area contributed by atoms with Crippen LogP contribution in [0.1, 0.15) is 25.0 Å². The van der Waals surface area contributed by atoms with Crippen LogP contribution in [0.15, 0.2) is 58.5 Å². The molecule has 0 unspecified atom stereocenters. The molecule has 156 valence electrons. The molecule has 2 rings (SSSR count). The second-order valence-corrected chi connectivity index (χ2v) is 7.61. The van der Waals surface area contributed by atoms with Crippen molar-refractivity contribution >= 4 is 21.4 Å². The summed E-state index contributed by atoms with van der Waals surface area (Å²) in [4.78, 5) is -0.188. The number of hydrogen-bond donors (Lipinski definition) is 1. The van der Waals surface area contributed by atoms with E-state index in [2.05, 4.69) is 17.4 Å². The van der Waals surface area contributed by atoms with Gasteiger partial charge in [0.05, 0.1) is 16.3 Å². The molecule has 0 atom stereocenters. The molecule has 0 aromatic heterocycles. The van der Waals surface area contributed by atoms with Gasteiger partial charge in [0.25, 0.3) is 0 Å². The largest absolute Gasteiger partial charge is 0.408 e. The van der Waals surface area contributed by atoms with Gasteiger partial charge in [-0.05, 0) is 50.6 Å². The summed E-state index contributed by atoms with van der Waals surface area (Å²) < 4.78 is 61.4. The van der Waals surface area contributed by atoms with Crippen LogP contribution in [0.5, 0.6) is 0 Å². The van der Waals surface area contributed by atoms with Crippen LogP contribution in [0, 0.1) is 19.3 Å². The molecule has 0 aliphatic heterocycles. The van der Waals surface area contributed by atoms with Gasteiger partial charge < -0.3 is 0 Å². The minimum Gasteiger partial charge on any atom is -0.256 e. The number of aryl methyl sites for hydroxylation is 1. The summed E-state index contributed by atoms with van der Waals surface area (Å²) in [6.07, 6.45) is 0.107. The summed E-state index contributed by atoms with van der Waals surface area (Å²) in [5.74, 6) is 2.25. The van der Waals surface area contributed by atoms with Gasteiger partial charge in [-0.25, -0.2) is 13.6 Å². The molecular weight excluding hydrogens is 403 g/mol. The number of hydrazone groups is 1. The Bertz CT molecular complexity index is 976. The first kappa shape index (κ1) is 24.2. The highest BCUT2D eigenvalue weighted by atomic mass is 32.2. The Morgan fingerprint density at radius 2 is 1.62 bits per heavy atom. The minimum absolute atomic E-state index is 0.0983. The molecule has 0 saturated heterocycles. The molecular formula is C20H22F3N3O2S. The fraction of sp³-hybridized carbons (Fsp3) is 0.250. The third-order valence-electron chi connectivity index (χ3n) is 3.53. The molecule has 2 aromatic carbocycles. The number of primary sulfonamides is 1. The molecule has 0 aliphatic carbocycles. The van der Waals surface area contributed by atoms with Crippen LogP contribution in [0.4, 0.5) is 18.9 Å². The van der Waals surface area contributed by atoms with E-state index < -0.39 is 22.7 Å². The molecule has 0 heterocycles. The Morgan fingerprint density at radius 1 is 1.14 bits per heavy atom. The van der Waals surface area contributed by atoms with Crippen molar-refractivity contribution in [1.82, 2.24) is 0 Å². The molecule has 0 aliphatic rings. The maximum absolute atomic E-state index is 12.9. The molecule has 0 spiro atoms. The van der Waals surface area contributed by atoms with Gasteiger partial charge in [-0.3, -0.25) is 5.01 Å². The lowest BCUT2D eigenvalue weighted by atomic mass is 10.1. The first-order valence-corrected chi connectivity index (χ1v) is 9.88. The van der Waals surface area contributed by atoms with E-state index >= 15 is 0 Å². The summed E-state index contributed by atoms with van der Waals surface area (Å²) in [6.45, 7) is 3.84. The molecule has 0 bridgehead atoms. The van der Waals surface area contributed by atoms with Gasteiger partial charge in [0.1, 0.15) is 6.54 Å². The van der Waals surface area contributed by atoms with Gasteiger partial charge in [-0.2, -0.15) is 18.3 Å². The Labute approximate surface area is 169 Å². The van der Waals surface area contributed by atoms with Gasteiger partial charge in [-0.15, -0.1) is 12.3 Å². The summed E-state index contributed by atoms with van der Waals surface area (Å²) in [7, 11) is -3.93. The van der Waals surface area contributed by atoms with Gasteiger partial charge in [-0.1, -0.05) is 29.8 Å². The van der Waals surface area contributed by atoms with Crippen molar-refractivity contribution in [3.63, 3.8) is 0 Å². The van der Waals surface area contributed by atoms with Crippen molar-refractivity contribution in [2.45, 2.75) is 31.8 Å². The highest BCUT2D eigenvalue weighted by Crippen LogP contribution is 2.24. The lowest BCUT2D eigenvalue weighted by Crippen LogP contribution is -2.31. The number of nitrogens with zero attached hydrogens (tertiary/aromatic N) is 2. The maximum atomic E-state index is 12.9. The Balaban J connectivity index is 0.00000132. The summed E-state index contributed by atoms with van der Waals surface area (Å²) in [5, 5.41) is 9.86. The van der Waals surface area contributed by atoms with Crippen molar-refractivity contribution in [3.8, 4) is 12.3 Å². The first-order chi connectivity index (χ1) is 13.4. The molecule has 5 nitrogen and oxygen atoms in total. The van der Waals surface area contributed by atoms with Crippen LogP contribution < -0.4 is 10.1 Å². The van der Waals surface area contributed by atoms with Crippen molar-refractivity contribution in [1.29, 1.82) is 0 Å². The average Bonchev–Trinajstić information content (AvgIpc) is 2.60. The zero-order chi connectivity index (χ0) is 22.2. The number of sulfonamides is 1. The van der Waals surface area contributed by atoms with Gasteiger partial charge in [0.15, 0.2) is 0 Å². The number of benzene rings is 2. The number of alkyl halides is 3. The van der Waals surface area contributed by atoms with Crippen LogP contribution >= 0.6 is 0 Å². The third kappa shape index (κ3) is 8.37. The van der Waals surface area contributed by atoms with Crippen LogP contribution in [0.3, 0.4) is 0 Å². The summed E-state index contributed by atoms with van der Waals surface area (Å²) in [5.41, 5.74) is 2.20. The van der Waals surface area contributed by atoms with E-state index in [1.807, 2.05) is 19.1 Å². The number of hydrogen-bond acceptors (Lipinski definition) is 4. The zero-order valence-corrected chi connectivity index (χ0v) is 17.1. The van der Waals surface area contributed by atoms with Gasteiger partial charge in [0.2, 0.25) is 10.0 Å². The second kappa shape index (κ2) is 10.1. The van der Waals surface area contributed by atoms with E-state index in [4.69, 9.17) is 5.14 Å². The number of anilines is 1. The van der Waals surface area contributed by atoms with Crippen LogP contribution in [-0.4, -0.2) is 26.9 Å². The Kier molecular flexibility index (Phi) is 8.42. The average molecular weight is 425 g/mol. The van der Waals surface area contributed by atoms with Crippen molar-refractivity contribution in [2.24, 2.45) is 10.2 Å². The van der Waals surface area contributed by atoms with Crippen molar-refractivity contribution < 1.29 is 21.6 Å². The molecule has 0 saturated carbocycles. The van der Waals surface area contributed by atoms with Crippen molar-refractivity contribution in [2.75, 3.05) is 11.6 Å². The van der Waals surface area contributed by atoms with E-state index in [1.165, 1.54) is 12.1 Å². The second-order valence-electron chi connectivity index (χ2n) is 6.05. The fourth-order valence-corrected chi connectivity index (χ4v) is 2.71. The monoisotopic (exact) mass is 425 g/mol.